The van der Waals surface area contributed by atoms with Gasteiger partial charge >= 0.3 is 0 Å². The van der Waals surface area contributed by atoms with Crippen LogP contribution in [0.1, 0.15) is 37.8 Å². The SMILES string of the molecule is CC[C@]12C(=O)[C@@](CC)(C(c3ccccc3)=C1c1ccccc1)[C@@H]1C(=O)N(c3cccc(OC)c3)C(=O)[C@H]12. The van der Waals surface area contributed by atoms with E-state index in [1.165, 1.54) is 4.90 Å². The second-order valence-electron chi connectivity index (χ2n) is 10.1. The van der Waals surface area contributed by atoms with Crippen LogP contribution in [0.5, 0.6) is 5.75 Å². The quantitative estimate of drug-likeness (QED) is 0.409. The fourth-order valence-corrected chi connectivity index (χ4v) is 7.46. The number of allylic oxidation sites excluding steroid dienone is 2. The lowest BCUT2D eigenvalue weighted by molar-refractivity contribution is -0.134. The molecular weight excluding hydrogens is 462 g/mol. The van der Waals surface area contributed by atoms with Crippen molar-refractivity contribution in [2.45, 2.75) is 26.7 Å². The first kappa shape index (κ1) is 23.4. The Morgan fingerprint density at radius 3 is 1.62 bits per heavy atom. The van der Waals surface area contributed by atoms with Crippen LogP contribution in [0.2, 0.25) is 0 Å². The molecule has 1 saturated carbocycles. The zero-order valence-corrected chi connectivity index (χ0v) is 21.2. The number of Topliss-reactive ketones (excluding diaryl/α,β-unsaturated/α-hetero) is 1. The minimum Gasteiger partial charge on any atom is -0.497 e. The van der Waals surface area contributed by atoms with E-state index in [0.29, 0.717) is 24.3 Å². The number of ketones is 1. The summed E-state index contributed by atoms with van der Waals surface area (Å²) in [6.07, 6.45) is 0.889. The van der Waals surface area contributed by atoms with Crippen LogP contribution >= 0.6 is 0 Å². The van der Waals surface area contributed by atoms with Crippen molar-refractivity contribution in [1.82, 2.24) is 0 Å². The number of fused-ring (bicyclic) bond motifs is 5. The molecule has 3 aromatic carbocycles. The maximum absolute atomic E-state index is 14.7. The Kier molecular flexibility index (Phi) is 5.23. The van der Waals surface area contributed by atoms with Gasteiger partial charge in [0.2, 0.25) is 11.8 Å². The summed E-state index contributed by atoms with van der Waals surface area (Å²) in [6, 6.07) is 26.8. The molecule has 3 aromatic rings. The molecule has 2 aliphatic carbocycles. The van der Waals surface area contributed by atoms with Gasteiger partial charge in [-0.2, -0.15) is 0 Å². The number of carbonyl (C=O) groups is 3. The Labute approximate surface area is 216 Å². The monoisotopic (exact) mass is 491 g/mol. The first-order chi connectivity index (χ1) is 18.0. The molecule has 5 nitrogen and oxygen atoms in total. The summed E-state index contributed by atoms with van der Waals surface area (Å²) in [5.74, 6) is -1.50. The third-order valence-corrected chi connectivity index (χ3v) is 8.87. The molecule has 0 aromatic heterocycles. The molecule has 0 N–H and O–H groups in total. The first-order valence-electron chi connectivity index (χ1n) is 12.9. The molecule has 2 bridgehead atoms. The highest BCUT2D eigenvalue weighted by molar-refractivity contribution is 6.34. The number of anilines is 1. The van der Waals surface area contributed by atoms with Gasteiger partial charge in [-0.15, -0.1) is 0 Å². The van der Waals surface area contributed by atoms with E-state index in [1.807, 2.05) is 74.5 Å². The molecular formula is C32H29NO4. The Balaban J connectivity index is 1.66. The van der Waals surface area contributed by atoms with Gasteiger partial charge in [0, 0.05) is 6.07 Å². The number of benzene rings is 3. The van der Waals surface area contributed by atoms with Crippen LogP contribution in [0.25, 0.3) is 11.1 Å². The average Bonchev–Trinajstić information content (AvgIpc) is 3.45. The molecule has 0 radical (unpaired) electrons. The lowest BCUT2D eigenvalue weighted by Crippen LogP contribution is -2.41. The van der Waals surface area contributed by atoms with Crippen molar-refractivity contribution in [3.63, 3.8) is 0 Å². The topological polar surface area (TPSA) is 63.7 Å². The van der Waals surface area contributed by atoms with Crippen LogP contribution in [0, 0.1) is 22.7 Å². The molecule has 5 heteroatoms. The number of imide groups is 1. The molecule has 0 unspecified atom stereocenters. The van der Waals surface area contributed by atoms with E-state index in [-0.39, 0.29) is 17.6 Å². The van der Waals surface area contributed by atoms with Crippen molar-refractivity contribution in [2.24, 2.45) is 22.7 Å². The Bertz CT molecular complexity index is 1370. The fourth-order valence-electron chi connectivity index (χ4n) is 7.46. The van der Waals surface area contributed by atoms with Gasteiger partial charge in [0.05, 0.1) is 35.5 Å². The minimum atomic E-state index is -1.08. The van der Waals surface area contributed by atoms with Crippen molar-refractivity contribution < 1.29 is 19.1 Å². The van der Waals surface area contributed by atoms with Crippen LogP contribution in [0.4, 0.5) is 5.69 Å². The lowest BCUT2D eigenvalue weighted by atomic mass is 9.60. The second kappa shape index (κ2) is 8.27. The number of hydrogen-bond acceptors (Lipinski definition) is 4. The molecule has 4 atom stereocenters. The standard InChI is InChI=1S/C32H29NO4/c1-4-31-24(20-13-8-6-9-14-20)25(21-15-10-7-11-16-21)32(5-2,30(31)36)27-26(31)28(34)33(29(27)35)22-17-12-18-23(19-22)37-3/h6-19,26-27H,4-5H2,1-3H3/t26-,27-,31-,32-/m0/s1. The van der Waals surface area contributed by atoms with E-state index >= 15 is 0 Å². The molecule has 2 fully saturated rings. The van der Waals surface area contributed by atoms with Crippen molar-refractivity contribution >= 4 is 34.4 Å². The number of nitrogens with zero attached hydrogens (tertiary/aromatic N) is 1. The highest BCUT2D eigenvalue weighted by Gasteiger charge is 2.80. The lowest BCUT2D eigenvalue weighted by Gasteiger charge is -2.38. The van der Waals surface area contributed by atoms with Crippen molar-refractivity contribution in [1.29, 1.82) is 0 Å². The van der Waals surface area contributed by atoms with Gasteiger partial charge < -0.3 is 4.74 Å². The normalized spacial score (nSPS) is 28.3. The molecule has 37 heavy (non-hydrogen) atoms. The fraction of sp³-hybridized carbons (Fsp3) is 0.281. The van der Waals surface area contributed by atoms with Crippen LogP contribution in [0.15, 0.2) is 84.9 Å². The molecule has 6 rings (SSSR count). The van der Waals surface area contributed by atoms with E-state index in [9.17, 15) is 14.4 Å². The van der Waals surface area contributed by atoms with Gasteiger partial charge in [0.1, 0.15) is 5.75 Å². The zero-order chi connectivity index (χ0) is 25.9. The Hall–Kier alpha value is -3.99. The van der Waals surface area contributed by atoms with Crippen LogP contribution < -0.4 is 9.64 Å². The molecule has 1 heterocycles. The summed E-state index contributed by atoms with van der Waals surface area (Å²) >= 11 is 0. The summed E-state index contributed by atoms with van der Waals surface area (Å²) in [5.41, 5.74) is 2.01. The molecule has 186 valence electrons. The van der Waals surface area contributed by atoms with Gasteiger partial charge in [-0.3, -0.25) is 14.4 Å². The van der Waals surface area contributed by atoms with Crippen molar-refractivity contribution in [3.05, 3.63) is 96.1 Å². The summed E-state index contributed by atoms with van der Waals surface area (Å²) in [4.78, 5) is 44.5. The maximum Gasteiger partial charge on any atom is 0.239 e. The van der Waals surface area contributed by atoms with E-state index in [1.54, 1.807) is 31.4 Å². The Morgan fingerprint density at radius 2 is 1.19 bits per heavy atom. The minimum absolute atomic E-state index is 0.0182. The average molecular weight is 492 g/mol. The van der Waals surface area contributed by atoms with Crippen LogP contribution in [0.3, 0.4) is 0 Å². The van der Waals surface area contributed by atoms with Crippen molar-refractivity contribution in [3.8, 4) is 5.75 Å². The van der Waals surface area contributed by atoms with Gasteiger partial charge in [-0.1, -0.05) is 80.6 Å². The van der Waals surface area contributed by atoms with Gasteiger partial charge in [-0.25, -0.2) is 4.90 Å². The summed E-state index contributed by atoms with van der Waals surface area (Å²) < 4.78 is 5.37. The van der Waals surface area contributed by atoms with E-state index in [4.69, 9.17) is 4.74 Å². The van der Waals surface area contributed by atoms with Gasteiger partial charge in [0.25, 0.3) is 0 Å². The predicted octanol–water partition coefficient (Wildman–Crippen LogP) is 5.80. The van der Waals surface area contributed by atoms with E-state index in [0.717, 1.165) is 22.3 Å². The van der Waals surface area contributed by atoms with Crippen LogP contribution in [-0.2, 0) is 14.4 Å². The van der Waals surface area contributed by atoms with E-state index in [2.05, 4.69) is 0 Å². The number of ether oxygens (including phenoxy) is 1. The third-order valence-electron chi connectivity index (χ3n) is 8.87. The number of carbonyl (C=O) groups excluding carboxylic acids is 3. The molecule has 2 amide bonds. The van der Waals surface area contributed by atoms with Crippen molar-refractivity contribution in [2.75, 3.05) is 12.0 Å². The molecule has 1 saturated heterocycles. The number of amides is 2. The molecule has 0 spiro atoms. The van der Waals surface area contributed by atoms with Gasteiger partial charge in [0.15, 0.2) is 5.78 Å². The number of rotatable bonds is 6. The Morgan fingerprint density at radius 1 is 0.703 bits per heavy atom. The highest BCUT2D eigenvalue weighted by atomic mass is 16.5. The smallest absolute Gasteiger partial charge is 0.239 e. The van der Waals surface area contributed by atoms with E-state index < -0.39 is 22.7 Å². The second-order valence-corrected chi connectivity index (χ2v) is 10.1. The summed E-state index contributed by atoms with van der Waals surface area (Å²) in [5, 5.41) is 0. The number of methoxy groups -OCH3 is 1. The zero-order valence-electron chi connectivity index (χ0n) is 21.2. The summed E-state index contributed by atoms with van der Waals surface area (Å²) in [6.45, 7) is 3.95. The maximum atomic E-state index is 14.7. The molecule has 3 aliphatic rings. The number of hydrogen-bond donors (Lipinski definition) is 0. The third kappa shape index (κ3) is 2.77. The van der Waals surface area contributed by atoms with Gasteiger partial charge in [-0.05, 0) is 47.2 Å². The first-order valence-corrected chi connectivity index (χ1v) is 12.9. The largest absolute Gasteiger partial charge is 0.497 e. The highest BCUT2D eigenvalue weighted by Crippen LogP contribution is 2.75. The molecule has 1 aliphatic heterocycles. The van der Waals surface area contributed by atoms with Crippen LogP contribution in [-0.4, -0.2) is 24.7 Å². The summed E-state index contributed by atoms with van der Waals surface area (Å²) in [7, 11) is 1.56. The predicted molar refractivity (Wildman–Crippen MR) is 143 cm³/mol.